The molecule has 0 spiro atoms. The maximum Gasteiger partial charge on any atom is -0.00489 e. The van der Waals surface area contributed by atoms with Gasteiger partial charge in [-0.2, -0.15) is 0 Å². The van der Waals surface area contributed by atoms with Gasteiger partial charge in [0.05, 0.1) is 0 Å². The van der Waals surface area contributed by atoms with Gasteiger partial charge in [-0.1, -0.05) is 40.5 Å². The van der Waals surface area contributed by atoms with Crippen LogP contribution in [0.15, 0.2) is 0 Å². The summed E-state index contributed by atoms with van der Waals surface area (Å²) >= 11 is 0. The minimum atomic E-state index is 0.560. The van der Waals surface area contributed by atoms with Crippen molar-refractivity contribution in [2.75, 3.05) is 13.1 Å². The SMILES string of the molecule is CCCNCCCCC(C)(C)CC. The molecule has 0 aliphatic carbocycles. The van der Waals surface area contributed by atoms with Crippen LogP contribution in [0.25, 0.3) is 0 Å². The molecule has 80 valence electrons. The molecule has 0 heterocycles. The Balaban J connectivity index is 3.16. The zero-order valence-corrected chi connectivity index (χ0v) is 9.95. The van der Waals surface area contributed by atoms with Crippen LogP contribution in [-0.4, -0.2) is 13.1 Å². The predicted molar refractivity (Wildman–Crippen MR) is 61.1 cm³/mol. The van der Waals surface area contributed by atoms with Crippen molar-refractivity contribution < 1.29 is 0 Å². The van der Waals surface area contributed by atoms with E-state index in [1.165, 1.54) is 45.2 Å². The largest absolute Gasteiger partial charge is 0.317 e. The number of hydrogen-bond donors (Lipinski definition) is 1. The van der Waals surface area contributed by atoms with Crippen LogP contribution in [0.5, 0.6) is 0 Å². The topological polar surface area (TPSA) is 12.0 Å². The van der Waals surface area contributed by atoms with E-state index in [9.17, 15) is 0 Å². The molecular weight excluding hydrogens is 158 g/mol. The minimum Gasteiger partial charge on any atom is -0.317 e. The molecule has 0 rings (SSSR count). The van der Waals surface area contributed by atoms with Gasteiger partial charge in [0.25, 0.3) is 0 Å². The lowest BCUT2D eigenvalue weighted by atomic mass is 9.85. The summed E-state index contributed by atoms with van der Waals surface area (Å²) in [5, 5.41) is 3.44. The third kappa shape index (κ3) is 8.29. The zero-order chi connectivity index (χ0) is 10.2. The molecule has 0 bridgehead atoms. The minimum absolute atomic E-state index is 0.560. The molecule has 0 aromatic carbocycles. The van der Waals surface area contributed by atoms with Crippen LogP contribution >= 0.6 is 0 Å². The fourth-order valence-corrected chi connectivity index (χ4v) is 1.33. The van der Waals surface area contributed by atoms with E-state index < -0.39 is 0 Å². The van der Waals surface area contributed by atoms with Crippen LogP contribution in [0.2, 0.25) is 0 Å². The number of rotatable bonds is 8. The van der Waals surface area contributed by atoms with E-state index in [1.807, 2.05) is 0 Å². The summed E-state index contributed by atoms with van der Waals surface area (Å²) < 4.78 is 0. The van der Waals surface area contributed by atoms with Gasteiger partial charge in [0, 0.05) is 0 Å². The smallest absolute Gasteiger partial charge is 0.00489 e. The molecule has 0 radical (unpaired) electrons. The molecule has 1 nitrogen and oxygen atoms in total. The van der Waals surface area contributed by atoms with Gasteiger partial charge in [-0.3, -0.25) is 0 Å². The van der Waals surface area contributed by atoms with Gasteiger partial charge in [0.1, 0.15) is 0 Å². The third-order valence-electron chi connectivity index (χ3n) is 2.84. The van der Waals surface area contributed by atoms with Crippen LogP contribution in [-0.2, 0) is 0 Å². The van der Waals surface area contributed by atoms with Gasteiger partial charge < -0.3 is 5.32 Å². The predicted octanol–water partition coefficient (Wildman–Crippen LogP) is 3.59. The van der Waals surface area contributed by atoms with Crippen LogP contribution in [0.3, 0.4) is 0 Å². The first kappa shape index (κ1) is 13.0. The molecule has 0 saturated carbocycles. The molecule has 0 amide bonds. The summed E-state index contributed by atoms with van der Waals surface area (Å²) in [4.78, 5) is 0. The summed E-state index contributed by atoms with van der Waals surface area (Å²) in [7, 11) is 0. The second-order valence-electron chi connectivity index (χ2n) is 4.72. The van der Waals surface area contributed by atoms with Gasteiger partial charge in [0.15, 0.2) is 0 Å². The fraction of sp³-hybridized carbons (Fsp3) is 1.00. The van der Waals surface area contributed by atoms with E-state index in [-0.39, 0.29) is 0 Å². The van der Waals surface area contributed by atoms with Crippen molar-refractivity contribution in [2.24, 2.45) is 5.41 Å². The molecule has 0 unspecified atom stereocenters. The first-order valence-corrected chi connectivity index (χ1v) is 5.83. The Bertz CT molecular complexity index is 108. The van der Waals surface area contributed by atoms with Crippen LogP contribution < -0.4 is 5.32 Å². The molecule has 0 aliphatic heterocycles. The van der Waals surface area contributed by atoms with Crippen molar-refractivity contribution in [3.8, 4) is 0 Å². The first-order valence-electron chi connectivity index (χ1n) is 5.83. The number of unbranched alkanes of at least 4 members (excludes halogenated alkanes) is 1. The van der Waals surface area contributed by atoms with Crippen molar-refractivity contribution in [3.05, 3.63) is 0 Å². The highest BCUT2D eigenvalue weighted by Crippen LogP contribution is 2.26. The summed E-state index contributed by atoms with van der Waals surface area (Å²) in [6.07, 6.45) is 6.63. The Morgan fingerprint density at radius 2 is 1.69 bits per heavy atom. The summed E-state index contributed by atoms with van der Waals surface area (Å²) in [5.74, 6) is 0. The summed E-state index contributed by atoms with van der Waals surface area (Å²) in [5.41, 5.74) is 0.560. The lowest BCUT2D eigenvalue weighted by Gasteiger charge is -2.22. The van der Waals surface area contributed by atoms with E-state index in [0.717, 1.165) is 0 Å². The molecule has 1 heteroatoms. The summed E-state index contributed by atoms with van der Waals surface area (Å²) in [6, 6.07) is 0. The van der Waals surface area contributed by atoms with E-state index in [2.05, 4.69) is 33.0 Å². The molecule has 0 aromatic heterocycles. The van der Waals surface area contributed by atoms with Gasteiger partial charge >= 0.3 is 0 Å². The standard InChI is InChI=1S/C12H27N/c1-5-10-13-11-8-7-9-12(3,4)6-2/h13H,5-11H2,1-4H3. The molecule has 0 atom stereocenters. The molecular formula is C12H27N. The highest BCUT2D eigenvalue weighted by atomic mass is 14.8. The molecule has 13 heavy (non-hydrogen) atoms. The third-order valence-corrected chi connectivity index (χ3v) is 2.84. The van der Waals surface area contributed by atoms with Gasteiger partial charge in [-0.05, 0) is 37.8 Å². The second-order valence-corrected chi connectivity index (χ2v) is 4.72. The maximum absolute atomic E-state index is 3.44. The Kier molecular flexibility index (Phi) is 7.35. The fourth-order valence-electron chi connectivity index (χ4n) is 1.33. The second kappa shape index (κ2) is 7.37. The Morgan fingerprint density at radius 3 is 2.23 bits per heavy atom. The monoisotopic (exact) mass is 185 g/mol. The van der Waals surface area contributed by atoms with Crippen molar-refractivity contribution in [1.82, 2.24) is 5.32 Å². The first-order chi connectivity index (χ1) is 6.12. The van der Waals surface area contributed by atoms with E-state index in [0.29, 0.717) is 5.41 Å². The highest BCUT2D eigenvalue weighted by Gasteiger charge is 2.13. The average molecular weight is 185 g/mol. The van der Waals surface area contributed by atoms with Crippen LogP contribution in [0.1, 0.15) is 59.8 Å². The normalized spacial score (nSPS) is 12.0. The number of nitrogens with one attached hydrogen (secondary N) is 1. The Morgan fingerprint density at radius 1 is 1.00 bits per heavy atom. The highest BCUT2D eigenvalue weighted by molar-refractivity contribution is 4.66. The van der Waals surface area contributed by atoms with Crippen molar-refractivity contribution >= 4 is 0 Å². The quantitative estimate of drug-likeness (QED) is 0.570. The van der Waals surface area contributed by atoms with Gasteiger partial charge in [-0.25, -0.2) is 0 Å². The van der Waals surface area contributed by atoms with Crippen LogP contribution in [0.4, 0.5) is 0 Å². The molecule has 0 saturated heterocycles. The van der Waals surface area contributed by atoms with Crippen molar-refractivity contribution in [1.29, 1.82) is 0 Å². The lowest BCUT2D eigenvalue weighted by molar-refractivity contribution is 0.308. The van der Waals surface area contributed by atoms with E-state index in [1.54, 1.807) is 0 Å². The number of hydrogen-bond acceptors (Lipinski definition) is 1. The van der Waals surface area contributed by atoms with Gasteiger partial charge in [0.2, 0.25) is 0 Å². The Hall–Kier alpha value is -0.0400. The van der Waals surface area contributed by atoms with Gasteiger partial charge in [-0.15, -0.1) is 0 Å². The average Bonchev–Trinajstić information content (AvgIpc) is 2.11. The Labute approximate surface area is 84.3 Å². The maximum atomic E-state index is 3.44. The van der Waals surface area contributed by atoms with Crippen molar-refractivity contribution in [2.45, 2.75) is 59.8 Å². The molecule has 0 fully saturated rings. The van der Waals surface area contributed by atoms with E-state index >= 15 is 0 Å². The molecule has 0 aromatic rings. The molecule has 1 N–H and O–H groups in total. The van der Waals surface area contributed by atoms with Crippen LogP contribution in [0, 0.1) is 5.41 Å². The molecule has 0 aliphatic rings. The van der Waals surface area contributed by atoms with Crippen molar-refractivity contribution in [3.63, 3.8) is 0 Å². The zero-order valence-electron chi connectivity index (χ0n) is 9.95. The summed E-state index contributed by atoms with van der Waals surface area (Å²) in [6.45, 7) is 11.6. The van der Waals surface area contributed by atoms with E-state index in [4.69, 9.17) is 0 Å². The lowest BCUT2D eigenvalue weighted by Crippen LogP contribution is -2.17.